The Balaban J connectivity index is 3.30. The zero-order valence-corrected chi connectivity index (χ0v) is 20.8. The molecule has 9 nitrogen and oxygen atoms in total. The van der Waals surface area contributed by atoms with Crippen molar-refractivity contribution < 1.29 is 38.0 Å². The fourth-order valence-electron chi connectivity index (χ4n) is 2.38. The molecule has 0 aromatic carbocycles. The highest BCUT2D eigenvalue weighted by atomic mass is 16.6. The van der Waals surface area contributed by atoms with E-state index in [1.54, 1.807) is 7.05 Å². The van der Waals surface area contributed by atoms with Crippen LogP contribution in [0, 0.1) is 0 Å². The van der Waals surface area contributed by atoms with Crippen LogP contribution in [0.4, 0.5) is 4.79 Å². The van der Waals surface area contributed by atoms with Gasteiger partial charge in [-0.1, -0.05) is 26.2 Å². The molecule has 0 aliphatic heterocycles. The smallest absolute Gasteiger partial charge is 0.410 e. The third-order valence-electron chi connectivity index (χ3n) is 4.12. The van der Waals surface area contributed by atoms with E-state index in [-0.39, 0.29) is 18.7 Å². The fourth-order valence-corrected chi connectivity index (χ4v) is 2.38. The lowest BCUT2D eigenvalue weighted by atomic mass is 10.2. The predicted octanol–water partition coefficient (Wildman–Crippen LogP) is 3.43. The first-order valence-electron chi connectivity index (χ1n) is 11.7. The highest BCUT2D eigenvalue weighted by Crippen LogP contribution is 2.08. The largest absolute Gasteiger partial charge is 0.463 e. The van der Waals surface area contributed by atoms with Crippen molar-refractivity contribution in [1.82, 2.24) is 4.90 Å². The van der Waals surface area contributed by atoms with Crippen molar-refractivity contribution >= 4 is 12.1 Å². The molecular formula is C23H45NO8. The molecule has 0 saturated carbocycles. The second-order valence-electron chi connectivity index (χ2n) is 8.38. The summed E-state index contributed by atoms with van der Waals surface area (Å²) in [6.07, 6.45) is 4.39. The van der Waals surface area contributed by atoms with Crippen molar-refractivity contribution in [2.75, 3.05) is 73.1 Å². The zero-order valence-electron chi connectivity index (χ0n) is 20.8. The molecule has 0 unspecified atom stereocenters. The minimum Gasteiger partial charge on any atom is -0.463 e. The number of hydrogen-bond acceptors (Lipinski definition) is 8. The molecule has 0 aliphatic carbocycles. The van der Waals surface area contributed by atoms with Gasteiger partial charge in [0.2, 0.25) is 0 Å². The number of rotatable bonds is 20. The molecule has 0 bridgehead atoms. The van der Waals surface area contributed by atoms with Gasteiger partial charge in [0.1, 0.15) is 12.2 Å². The quantitative estimate of drug-likeness (QED) is 0.200. The molecule has 0 heterocycles. The van der Waals surface area contributed by atoms with E-state index >= 15 is 0 Å². The summed E-state index contributed by atoms with van der Waals surface area (Å²) < 4.78 is 32.0. The van der Waals surface area contributed by atoms with E-state index in [1.807, 2.05) is 20.8 Å². The van der Waals surface area contributed by atoms with Crippen LogP contribution in [0.2, 0.25) is 0 Å². The van der Waals surface area contributed by atoms with Gasteiger partial charge < -0.3 is 33.3 Å². The Morgan fingerprint density at radius 2 is 1.22 bits per heavy atom. The fraction of sp³-hybridized carbons (Fsp3) is 0.913. The maximum absolute atomic E-state index is 11.8. The van der Waals surface area contributed by atoms with Crippen LogP contribution in [0.1, 0.15) is 59.8 Å². The second-order valence-corrected chi connectivity index (χ2v) is 8.38. The second kappa shape index (κ2) is 20.2. The Morgan fingerprint density at radius 3 is 1.72 bits per heavy atom. The summed E-state index contributed by atoms with van der Waals surface area (Å²) in [6.45, 7) is 11.9. The van der Waals surface area contributed by atoms with Crippen LogP contribution in [-0.2, 0) is 33.2 Å². The third-order valence-corrected chi connectivity index (χ3v) is 4.12. The highest BCUT2D eigenvalue weighted by molar-refractivity contribution is 5.69. The highest BCUT2D eigenvalue weighted by Gasteiger charge is 2.19. The first kappa shape index (κ1) is 30.6. The van der Waals surface area contributed by atoms with Crippen LogP contribution in [-0.4, -0.2) is 95.6 Å². The Labute approximate surface area is 194 Å². The minimum atomic E-state index is -0.504. The minimum absolute atomic E-state index is 0.155. The average Bonchev–Trinajstić information content (AvgIpc) is 2.72. The Kier molecular flexibility index (Phi) is 19.3. The summed E-state index contributed by atoms with van der Waals surface area (Å²) in [5.74, 6) is -0.155. The van der Waals surface area contributed by atoms with Gasteiger partial charge in [0.25, 0.3) is 0 Å². The zero-order chi connectivity index (χ0) is 24.1. The lowest BCUT2D eigenvalue weighted by Gasteiger charge is -2.24. The summed E-state index contributed by atoms with van der Waals surface area (Å²) in [6, 6.07) is 0. The van der Waals surface area contributed by atoms with Gasteiger partial charge in [0, 0.05) is 20.0 Å². The molecule has 1 amide bonds. The molecular weight excluding hydrogens is 418 g/mol. The number of likely N-dealkylation sites (N-methyl/N-ethyl adjacent to an activating group) is 1. The number of hydrogen-bond donors (Lipinski definition) is 0. The first-order chi connectivity index (χ1) is 15.3. The van der Waals surface area contributed by atoms with Crippen LogP contribution in [0.25, 0.3) is 0 Å². The number of esters is 1. The van der Waals surface area contributed by atoms with Gasteiger partial charge in [-0.05, 0) is 27.2 Å². The van der Waals surface area contributed by atoms with E-state index < -0.39 is 5.60 Å². The van der Waals surface area contributed by atoms with Gasteiger partial charge in [-0.3, -0.25) is 4.79 Å². The molecule has 0 aliphatic rings. The van der Waals surface area contributed by atoms with E-state index in [1.165, 1.54) is 4.90 Å². The number of carbonyl (C=O) groups excluding carboxylic acids is 2. The van der Waals surface area contributed by atoms with E-state index in [0.717, 1.165) is 25.7 Å². The Hall–Kier alpha value is -1.42. The van der Waals surface area contributed by atoms with Crippen molar-refractivity contribution in [3.05, 3.63) is 0 Å². The number of carbonyl (C=O) groups is 2. The van der Waals surface area contributed by atoms with Crippen LogP contribution in [0.15, 0.2) is 0 Å². The molecule has 0 fully saturated rings. The molecule has 0 aromatic heterocycles. The van der Waals surface area contributed by atoms with Gasteiger partial charge in [-0.2, -0.15) is 0 Å². The molecule has 0 atom stereocenters. The lowest BCUT2D eigenvalue weighted by Crippen LogP contribution is -2.36. The molecule has 190 valence electrons. The molecule has 32 heavy (non-hydrogen) atoms. The average molecular weight is 464 g/mol. The van der Waals surface area contributed by atoms with Crippen molar-refractivity contribution in [2.24, 2.45) is 0 Å². The number of amides is 1. The predicted molar refractivity (Wildman–Crippen MR) is 122 cm³/mol. The third kappa shape index (κ3) is 21.8. The number of ether oxygens (including phenoxy) is 6. The van der Waals surface area contributed by atoms with E-state index in [0.29, 0.717) is 65.8 Å². The SMILES string of the molecule is CCCCCCC(=O)OCCOCCOCCOCCOCCN(C)C(=O)OC(C)(C)C. The standard InChI is InChI=1S/C23H45NO8/c1-6-7-8-9-10-21(25)31-20-19-30-18-17-29-16-15-28-14-13-27-12-11-24(5)22(26)32-23(2,3)4/h6-20H2,1-5H3. The summed E-state index contributed by atoms with van der Waals surface area (Å²) in [5, 5.41) is 0. The number of nitrogens with zero attached hydrogens (tertiary/aromatic N) is 1. The van der Waals surface area contributed by atoms with Crippen molar-refractivity contribution in [3.63, 3.8) is 0 Å². The van der Waals surface area contributed by atoms with Gasteiger partial charge in [0.05, 0.1) is 52.9 Å². The van der Waals surface area contributed by atoms with Crippen LogP contribution < -0.4 is 0 Å². The van der Waals surface area contributed by atoms with Gasteiger partial charge in [0.15, 0.2) is 0 Å². The van der Waals surface area contributed by atoms with Gasteiger partial charge in [-0.25, -0.2) is 4.79 Å². The molecule has 0 aromatic rings. The summed E-state index contributed by atoms with van der Waals surface area (Å²) in [5.41, 5.74) is -0.504. The van der Waals surface area contributed by atoms with Crippen molar-refractivity contribution in [2.45, 2.75) is 65.4 Å². The molecule has 0 rings (SSSR count). The normalized spacial score (nSPS) is 11.4. The molecule has 0 N–H and O–H groups in total. The van der Waals surface area contributed by atoms with E-state index in [2.05, 4.69) is 6.92 Å². The summed E-state index contributed by atoms with van der Waals surface area (Å²) in [4.78, 5) is 24.8. The van der Waals surface area contributed by atoms with Crippen molar-refractivity contribution in [3.8, 4) is 0 Å². The maximum atomic E-state index is 11.8. The van der Waals surface area contributed by atoms with Crippen LogP contribution >= 0.6 is 0 Å². The summed E-state index contributed by atoms with van der Waals surface area (Å²) >= 11 is 0. The molecule has 0 radical (unpaired) electrons. The van der Waals surface area contributed by atoms with Gasteiger partial charge >= 0.3 is 12.1 Å². The van der Waals surface area contributed by atoms with Gasteiger partial charge in [-0.15, -0.1) is 0 Å². The van der Waals surface area contributed by atoms with E-state index in [9.17, 15) is 9.59 Å². The van der Waals surface area contributed by atoms with E-state index in [4.69, 9.17) is 28.4 Å². The Morgan fingerprint density at radius 1 is 0.719 bits per heavy atom. The molecule has 0 spiro atoms. The number of unbranched alkanes of at least 4 members (excludes halogenated alkanes) is 3. The lowest BCUT2D eigenvalue weighted by molar-refractivity contribution is -0.145. The Bertz CT molecular complexity index is 467. The van der Waals surface area contributed by atoms with Crippen LogP contribution in [0.5, 0.6) is 0 Å². The topological polar surface area (TPSA) is 92.8 Å². The maximum Gasteiger partial charge on any atom is 0.410 e. The first-order valence-corrected chi connectivity index (χ1v) is 11.7. The summed E-state index contributed by atoms with van der Waals surface area (Å²) in [7, 11) is 1.68. The van der Waals surface area contributed by atoms with Crippen LogP contribution in [0.3, 0.4) is 0 Å². The molecule has 9 heteroatoms. The monoisotopic (exact) mass is 463 g/mol. The molecule has 0 saturated heterocycles. The van der Waals surface area contributed by atoms with Crippen molar-refractivity contribution in [1.29, 1.82) is 0 Å².